The molecule has 1 aromatic carbocycles. The Hall–Kier alpha value is -0.960. The smallest absolute Gasteiger partial charge is 0.153 e. The molecule has 1 heterocycles. The molecule has 0 saturated carbocycles. The van der Waals surface area contributed by atoms with E-state index in [-0.39, 0.29) is 5.92 Å². The van der Waals surface area contributed by atoms with Crippen LogP contribution in [0.1, 0.15) is 24.3 Å². The summed E-state index contributed by atoms with van der Waals surface area (Å²) in [6, 6.07) is 9.56. The molecule has 3 heteroatoms. The van der Waals surface area contributed by atoms with Crippen LogP contribution < -0.4 is 5.32 Å². The minimum Gasteiger partial charge on any atom is -0.258 e. The molecule has 0 radical (unpaired) electrons. The van der Waals surface area contributed by atoms with Crippen LogP contribution in [0.3, 0.4) is 0 Å². The van der Waals surface area contributed by atoms with Crippen LogP contribution in [0.4, 0.5) is 8.78 Å². The van der Waals surface area contributed by atoms with Crippen LogP contribution in [-0.4, -0.2) is 12.6 Å². The van der Waals surface area contributed by atoms with Crippen molar-refractivity contribution in [2.45, 2.75) is 31.4 Å². The van der Waals surface area contributed by atoms with Gasteiger partial charge in [0.1, 0.15) is 0 Å². The van der Waals surface area contributed by atoms with Crippen LogP contribution >= 0.6 is 0 Å². The Labute approximate surface area is 82.1 Å². The highest BCUT2D eigenvalue weighted by molar-refractivity contribution is 5.20. The van der Waals surface area contributed by atoms with Gasteiger partial charge in [0.15, 0.2) is 12.6 Å². The van der Waals surface area contributed by atoms with Crippen molar-refractivity contribution in [3.05, 3.63) is 35.9 Å². The Kier molecular flexibility index (Phi) is 2.77. The first-order chi connectivity index (χ1) is 6.75. The summed E-state index contributed by atoms with van der Waals surface area (Å²) >= 11 is 0. The first-order valence-corrected chi connectivity index (χ1v) is 4.85. The highest BCUT2D eigenvalue weighted by Crippen LogP contribution is 2.30. The van der Waals surface area contributed by atoms with Crippen molar-refractivity contribution in [3.8, 4) is 0 Å². The van der Waals surface area contributed by atoms with E-state index in [9.17, 15) is 8.78 Å². The topological polar surface area (TPSA) is 12.0 Å². The Balaban J connectivity index is 2.11. The molecule has 14 heavy (non-hydrogen) atoms. The molecule has 76 valence electrons. The van der Waals surface area contributed by atoms with E-state index in [0.717, 1.165) is 5.56 Å². The zero-order valence-corrected chi connectivity index (χ0v) is 7.79. The van der Waals surface area contributed by atoms with Crippen LogP contribution in [0.15, 0.2) is 30.3 Å². The van der Waals surface area contributed by atoms with Crippen LogP contribution in [0.5, 0.6) is 0 Å². The number of piperidine rings is 1. The Morgan fingerprint density at radius 3 is 2.14 bits per heavy atom. The zero-order valence-electron chi connectivity index (χ0n) is 7.79. The Bertz CT molecular complexity index is 279. The van der Waals surface area contributed by atoms with E-state index in [0.29, 0.717) is 12.8 Å². The summed E-state index contributed by atoms with van der Waals surface area (Å²) in [6.45, 7) is 0. The number of benzene rings is 1. The van der Waals surface area contributed by atoms with E-state index in [2.05, 4.69) is 5.32 Å². The van der Waals surface area contributed by atoms with Crippen LogP contribution in [0.25, 0.3) is 0 Å². The average molecular weight is 197 g/mol. The second-order valence-corrected chi connectivity index (χ2v) is 3.68. The van der Waals surface area contributed by atoms with Gasteiger partial charge in [-0.15, -0.1) is 0 Å². The Morgan fingerprint density at radius 1 is 1.00 bits per heavy atom. The number of hydrogen-bond donors (Lipinski definition) is 1. The van der Waals surface area contributed by atoms with Gasteiger partial charge in [-0.05, 0) is 24.3 Å². The van der Waals surface area contributed by atoms with Gasteiger partial charge in [-0.1, -0.05) is 30.3 Å². The fourth-order valence-electron chi connectivity index (χ4n) is 1.93. The second-order valence-electron chi connectivity index (χ2n) is 3.68. The molecular formula is C11H13F2N. The van der Waals surface area contributed by atoms with E-state index in [1.165, 1.54) is 0 Å². The monoisotopic (exact) mass is 197 g/mol. The fraction of sp³-hybridized carbons (Fsp3) is 0.455. The molecule has 1 fully saturated rings. The lowest BCUT2D eigenvalue weighted by Gasteiger charge is -2.28. The van der Waals surface area contributed by atoms with Gasteiger partial charge in [-0.3, -0.25) is 5.32 Å². The largest absolute Gasteiger partial charge is 0.258 e. The fourth-order valence-corrected chi connectivity index (χ4v) is 1.93. The maximum atomic E-state index is 13.0. The predicted octanol–water partition coefficient (Wildman–Crippen LogP) is 2.74. The molecule has 2 atom stereocenters. The first kappa shape index (κ1) is 9.59. The van der Waals surface area contributed by atoms with Crippen LogP contribution in [-0.2, 0) is 0 Å². The summed E-state index contributed by atoms with van der Waals surface area (Å²) in [6.07, 6.45) is -1.71. The van der Waals surface area contributed by atoms with Crippen molar-refractivity contribution in [1.82, 2.24) is 5.32 Å². The molecule has 1 aliphatic heterocycles. The third-order valence-corrected chi connectivity index (χ3v) is 2.62. The van der Waals surface area contributed by atoms with Crippen molar-refractivity contribution >= 4 is 0 Å². The van der Waals surface area contributed by atoms with E-state index >= 15 is 0 Å². The Morgan fingerprint density at radius 2 is 1.57 bits per heavy atom. The molecule has 2 unspecified atom stereocenters. The predicted molar refractivity (Wildman–Crippen MR) is 51.3 cm³/mol. The summed E-state index contributed by atoms with van der Waals surface area (Å²) in [7, 11) is 0. The molecule has 1 aliphatic rings. The number of alkyl halides is 2. The molecule has 0 bridgehead atoms. The molecule has 1 N–H and O–H groups in total. The van der Waals surface area contributed by atoms with Gasteiger partial charge in [-0.25, -0.2) is 8.78 Å². The van der Waals surface area contributed by atoms with Gasteiger partial charge in [0, 0.05) is 0 Å². The van der Waals surface area contributed by atoms with E-state index in [1.807, 2.05) is 30.3 Å². The van der Waals surface area contributed by atoms with Crippen molar-refractivity contribution in [3.63, 3.8) is 0 Å². The van der Waals surface area contributed by atoms with Crippen LogP contribution in [0, 0.1) is 0 Å². The van der Waals surface area contributed by atoms with Gasteiger partial charge in [0.25, 0.3) is 0 Å². The summed E-state index contributed by atoms with van der Waals surface area (Å²) in [5.74, 6) is 0.00227. The third kappa shape index (κ3) is 2.10. The average Bonchev–Trinajstić information content (AvgIpc) is 2.18. The number of halogens is 2. The lowest BCUT2D eigenvalue weighted by molar-refractivity contribution is 0.0997. The maximum absolute atomic E-state index is 13.0. The molecule has 0 spiro atoms. The van der Waals surface area contributed by atoms with Gasteiger partial charge < -0.3 is 0 Å². The number of hydrogen-bond acceptors (Lipinski definition) is 1. The highest BCUT2D eigenvalue weighted by atomic mass is 19.2. The van der Waals surface area contributed by atoms with Crippen molar-refractivity contribution in [1.29, 1.82) is 0 Å². The van der Waals surface area contributed by atoms with E-state index in [4.69, 9.17) is 0 Å². The molecule has 2 rings (SSSR count). The summed E-state index contributed by atoms with van der Waals surface area (Å²) < 4.78 is 26.0. The normalized spacial score (nSPS) is 32.9. The van der Waals surface area contributed by atoms with Gasteiger partial charge in [0.05, 0.1) is 0 Å². The molecule has 0 aromatic heterocycles. The molecular weight excluding hydrogens is 184 g/mol. The van der Waals surface area contributed by atoms with Crippen molar-refractivity contribution < 1.29 is 8.78 Å². The molecule has 1 nitrogen and oxygen atoms in total. The van der Waals surface area contributed by atoms with Gasteiger partial charge in [0.2, 0.25) is 0 Å². The molecule has 1 aromatic rings. The molecule has 0 aliphatic carbocycles. The van der Waals surface area contributed by atoms with Crippen molar-refractivity contribution in [2.75, 3.05) is 0 Å². The number of rotatable bonds is 1. The highest BCUT2D eigenvalue weighted by Gasteiger charge is 2.28. The molecule has 0 amide bonds. The lowest BCUT2D eigenvalue weighted by Crippen LogP contribution is -2.39. The maximum Gasteiger partial charge on any atom is 0.153 e. The third-order valence-electron chi connectivity index (χ3n) is 2.62. The van der Waals surface area contributed by atoms with E-state index in [1.54, 1.807) is 0 Å². The lowest BCUT2D eigenvalue weighted by atomic mass is 9.89. The summed E-state index contributed by atoms with van der Waals surface area (Å²) in [4.78, 5) is 0. The van der Waals surface area contributed by atoms with E-state index < -0.39 is 12.6 Å². The quantitative estimate of drug-likeness (QED) is 0.682. The minimum atomic E-state index is -1.22. The SMILES string of the molecule is FC1CC(c2ccccc2)CC(F)N1. The zero-order chi connectivity index (χ0) is 9.97. The first-order valence-electron chi connectivity index (χ1n) is 4.85. The van der Waals surface area contributed by atoms with Gasteiger partial charge in [-0.2, -0.15) is 0 Å². The summed E-state index contributed by atoms with van der Waals surface area (Å²) in [5, 5.41) is 2.25. The second kappa shape index (κ2) is 4.05. The minimum absolute atomic E-state index is 0.00227. The van der Waals surface area contributed by atoms with Gasteiger partial charge >= 0.3 is 0 Å². The standard InChI is InChI=1S/C11H13F2N/c12-10-6-9(7-11(13)14-10)8-4-2-1-3-5-8/h1-5,9-11,14H,6-7H2. The molecule has 1 saturated heterocycles. The number of nitrogens with one attached hydrogen (secondary N) is 1. The summed E-state index contributed by atoms with van der Waals surface area (Å²) in [5.41, 5.74) is 1.03. The van der Waals surface area contributed by atoms with Crippen LogP contribution in [0.2, 0.25) is 0 Å². The van der Waals surface area contributed by atoms with Crippen molar-refractivity contribution in [2.24, 2.45) is 0 Å².